The zero-order chi connectivity index (χ0) is 23.0. The van der Waals surface area contributed by atoms with E-state index < -0.39 is 0 Å². The second-order valence-corrected chi connectivity index (χ2v) is 9.56. The number of benzene rings is 1. The highest BCUT2D eigenvalue weighted by molar-refractivity contribution is 5.80. The van der Waals surface area contributed by atoms with Gasteiger partial charge in [-0.1, -0.05) is 17.7 Å². The first-order valence-corrected chi connectivity index (χ1v) is 12.0. The fourth-order valence-electron chi connectivity index (χ4n) is 4.68. The molecule has 2 aliphatic heterocycles. The Morgan fingerprint density at radius 2 is 1.81 bits per heavy atom. The van der Waals surface area contributed by atoms with Crippen molar-refractivity contribution >= 4 is 5.96 Å². The summed E-state index contributed by atoms with van der Waals surface area (Å²) in [5.41, 5.74) is 2.45. The highest BCUT2D eigenvalue weighted by Gasteiger charge is 2.37. The summed E-state index contributed by atoms with van der Waals surface area (Å²) in [6, 6.07) is 6.48. The molecule has 7 heteroatoms. The van der Waals surface area contributed by atoms with E-state index in [-0.39, 0.29) is 11.0 Å². The molecule has 0 unspecified atom stereocenters. The molecule has 0 radical (unpaired) electrons. The average molecular weight is 447 g/mol. The molecule has 32 heavy (non-hydrogen) atoms. The minimum absolute atomic E-state index is 0.0116. The maximum atomic E-state index is 5.76. The van der Waals surface area contributed by atoms with Crippen LogP contribution >= 0.6 is 0 Å². The van der Waals surface area contributed by atoms with Crippen LogP contribution in [-0.2, 0) is 14.9 Å². The van der Waals surface area contributed by atoms with Crippen molar-refractivity contribution in [2.24, 2.45) is 4.99 Å². The molecule has 2 fully saturated rings. The summed E-state index contributed by atoms with van der Waals surface area (Å²) in [5.74, 6) is 1.82. The number of nitrogens with zero attached hydrogens (tertiary/aromatic N) is 2. The van der Waals surface area contributed by atoms with Crippen molar-refractivity contribution in [2.75, 3.05) is 66.3 Å². The normalized spacial score (nSPS) is 20.1. The van der Waals surface area contributed by atoms with Crippen molar-refractivity contribution in [3.8, 4) is 5.75 Å². The van der Waals surface area contributed by atoms with Crippen LogP contribution in [0, 0.1) is 6.92 Å². The second-order valence-electron chi connectivity index (χ2n) is 9.56. The van der Waals surface area contributed by atoms with Crippen LogP contribution in [0.1, 0.15) is 44.7 Å². The fraction of sp³-hybridized carbons (Fsp3) is 0.720. The molecule has 1 aromatic carbocycles. The third kappa shape index (κ3) is 6.15. The van der Waals surface area contributed by atoms with Gasteiger partial charge < -0.3 is 24.8 Å². The molecule has 0 spiro atoms. The topological polar surface area (TPSA) is 67.4 Å². The predicted octanol–water partition coefficient (Wildman–Crippen LogP) is 2.72. The molecule has 1 aromatic rings. The Morgan fingerprint density at radius 1 is 1.12 bits per heavy atom. The molecular formula is C25H42N4O3. The van der Waals surface area contributed by atoms with Gasteiger partial charge in [0.2, 0.25) is 0 Å². The van der Waals surface area contributed by atoms with E-state index in [1.54, 1.807) is 7.11 Å². The van der Waals surface area contributed by atoms with Gasteiger partial charge in [-0.25, -0.2) is 0 Å². The average Bonchev–Trinajstić information content (AvgIpc) is 2.82. The van der Waals surface area contributed by atoms with Crippen LogP contribution < -0.4 is 15.4 Å². The van der Waals surface area contributed by atoms with Gasteiger partial charge in [0.25, 0.3) is 0 Å². The van der Waals surface area contributed by atoms with Gasteiger partial charge in [0.05, 0.1) is 26.9 Å². The molecule has 3 rings (SSSR count). The van der Waals surface area contributed by atoms with Crippen LogP contribution in [0.3, 0.4) is 0 Å². The monoisotopic (exact) mass is 446 g/mol. The molecule has 2 aliphatic rings. The van der Waals surface area contributed by atoms with Crippen LogP contribution in [0.2, 0.25) is 0 Å². The van der Waals surface area contributed by atoms with E-state index in [2.05, 4.69) is 61.4 Å². The Hall–Kier alpha value is -1.83. The number of guanidine groups is 1. The van der Waals surface area contributed by atoms with Crippen molar-refractivity contribution < 1.29 is 14.2 Å². The van der Waals surface area contributed by atoms with Crippen LogP contribution in [-0.4, -0.2) is 82.7 Å². The van der Waals surface area contributed by atoms with Gasteiger partial charge in [0.15, 0.2) is 5.96 Å². The van der Waals surface area contributed by atoms with Crippen molar-refractivity contribution in [1.29, 1.82) is 0 Å². The molecule has 0 atom stereocenters. The van der Waals surface area contributed by atoms with E-state index in [1.165, 1.54) is 11.1 Å². The Kier molecular flexibility index (Phi) is 8.79. The van der Waals surface area contributed by atoms with Crippen molar-refractivity contribution in [3.05, 3.63) is 29.3 Å². The number of hydrogen-bond acceptors (Lipinski definition) is 5. The number of methoxy groups -OCH3 is 1. The highest BCUT2D eigenvalue weighted by Crippen LogP contribution is 2.40. The number of aryl methyl sites for hydroxylation is 1. The third-order valence-electron chi connectivity index (χ3n) is 6.81. The molecule has 0 aliphatic carbocycles. The molecule has 2 saturated heterocycles. The summed E-state index contributed by atoms with van der Waals surface area (Å²) in [6.07, 6.45) is 1.91. The van der Waals surface area contributed by atoms with Crippen LogP contribution in [0.15, 0.2) is 23.2 Å². The standard InChI is InChI=1S/C25H42N4O3/c1-6-26-23(27-18-24(3,4)29-11-15-32-16-12-29)28-19-25(9-13-31-14-10-25)21-17-20(2)7-8-22(21)30-5/h7-8,17H,6,9-16,18-19H2,1-5H3,(H2,26,27,28). The summed E-state index contributed by atoms with van der Waals surface area (Å²) in [5, 5.41) is 7.10. The SMILES string of the molecule is CCNC(=NCC(C)(C)N1CCOCC1)NCC1(c2cc(C)ccc2OC)CCOCC1. The van der Waals surface area contributed by atoms with E-state index in [0.717, 1.165) is 83.7 Å². The van der Waals surface area contributed by atoms with Crippen LogP contribution in [0.4, 0.5) is 0 Å². The van der Waals surface area contributed by atoms with Gasteiger partial charge in [-0.2, -0.15) is 0 Å². The van der Waals surface area contributed by atoms with Gasteiger partial charge in [0.1, 0.15) is 5.75 Å². The number of hydrogen-bond donors (Lipinski definition) is 2. The number of aliphatic imine (C=N–C) groups is 1. The molecule has 2 heterocycles. The lowest BCUT2D eigenvalue weighted by atomic mass is 9.73. The van der Waals surface area contributed by atoms with Crippen molar-refractivity contribution in [3.63, 3.8) is 0 Å². The molecule has 2 N–H and O–H groups in total. The Morgan fingerprint density at radius 3 is 2.47 bits per heavy atom. The summed E-state index contributed by atoms with van der Waals surface area (Å²) in [7, 11) is 1.76. The second kappa shape index (κ2) is 11.3. The minimum Gasteiger partial charge on any atom is -0.496 e. The molecule has 7 nitrogen and oxygen atoms in total. The van der Waals surface area contributed by atoms with Crippen molar-refractivity contribution in [1.82, 2.24) is 15.5 Å². The molecule has 0 saturated carbocycles. The molecule has 0 bridgehead atoms. The Labute approximate surface area is 193 Å². The number of morpholine rings is 1. The van der Waals surface area contributed by atoms with E-state index in [0.29, 0.717) is 0 Å². The van der Waals surface area contributed by atoms with Crippen LogP contribution in [0.5, 0.6) is 5.75 Å². The number of rotatable bonds is 8. The molecule has 0 aromatic heterocycles. The summed E-state index contributed by atoms with van der Waals surface area (Å²) >= 11 is 0. The van der Waals surface area contributed by atoms with E-state index in [4.69, 9.17) is 19.2 Å². The maximum Gasteiger partial charge on any atom is 0.191 e. The third-order valence-corrected chi connectivity index (χ3v) is 6.81. The van der Waals surface area contributed by atoms with Crippen LogP contribution in [0.25, 0.3) is 0 Å². The van der Waals surface area contributed by atoms with Gasteiger partial charge >= 0.3 is 0 Å². The summed E-state index contributed by atoms with van der Waals surface area (Å²) < 4.78 is 17.0. The fourth-order valence-corrected chi connectivity index (χ4v) is 4.68. The summed E-state index contributed by atoms with van der Waals surface area (Å²) in [4.78, 5) is 7.45. The minimum atomic E-state index is -0.0501. The molecule has 180 valence electrons. The largest absolute Gasteiger partial charge is 0.496 e. The molecular weight excluding hydrogens is 404 g/mol. The van der Waals surface area contributed by atoms with E-state index in [9.17, 15) is 0 Å². The van der Waals surface area contributed by atoms with Crippen molar-refractivity contribution in [2.45, 2.75) is 51.5 Å². The first-order chi connectivity index (χ1) is 15.4. The van der Waals surface area contributed by atoms with Gasteiger partial charge in [-0.15, -0.1) is 0 Å². The number of ether oxygens (including phenoxy) is 3. The summed E-state index contributed by atoms with van der Waals surface area (Å²) in [6.45, 7) is 16.2. The first kappa shape index (κ1) is 24.8. The lowest BCUT2D eigenvalue weighted by Gasteiger charge is -2.40. The predicted molar refractivity (Wildman–Crippen MR) is 130 cm³/mol. The van der Waals surface area contributed by atoms with Gasteiger partial charge in [-0.05, 0) is 46.6 Å². The van der Waals surface area contributed by atoms with Gasteiger partial charge in [0, 0.05) is 55.9 Å². The van der Waals surface area contributed by atoms with Gasteiger partial charge in [-0.3, -0.25) is 9.89 Å². The Balaban J connectivity index is 1.77. The van der Waals surface area contributed by atoms with E-state index >= 15 is 0 Å². The quantitative estimate of drug-likeness (QED) is 0.473. The lowest BCUT2D eigenvalue weighted by molar-refractivity contribution is -0.00684. The Bertz CT molecular complexity index is 754. The number of nitrogens with one attached hydrogen (secondary N) is 2. The zero-order valence-electron chi connectivity index (χ0n) is 20.6. The maximum absolute atomic E-state index is 5.76. The smallest absolute Gasteiger partial charge is 0.191 e. The highest BCUT2D eigenvalue weighted by atomic mass is 16.5. The lowest BCUT2D eigenvalue weighted by Crippen LogP contribution is -2.52. The van der Waals surface area contributed by atoms with E-state index in [1.807, 2.05) is 0 Å². The molecule has 0 amide bonds. The first-order valence-electron chi connectivity index (χ1n) is 12.0. The zero-order valence-corrected chi connectivity index (χ0v) is 20.6.